The van der Waals surface area contributed by atoms with Gasteiger partial charge in [-0.15, -0.1) is 11.6 Å². The number of rotatable bonds is 5. The molecule has 0 saturated heterocycles. The van der Waals surface area contributed by atoms with Gasteiger partial charge in [0, 0.05) is 18.5 Å². The topological polar surface area (TPSA) is 38.3 Å². The fraction of sp³-hybridized carbons (Fsp3) is 0.417. The van der Waals surface area contributed by atoms with Gasteiger partial charge in [0.25, 0.3) is 5.91 Å². The van der Waals surface area contributed by atoms with Crippen LogP contribution in [0.2, 0.25) is 0 Å². The van der Waals surface area contributed by atoms with E-state index >= 15 is 0 Å². The van der Waals surface area contributed by atoms with Gasteiger partial charge in [-0.1, -0.05) is 6.92 Å². The van der Waals surface area contributed by atoms with E-state index in [2.05, 4.69) is 5.32 Å². The number of hydrogen-bond donors (Lipinski definition) is 1. The van der Waals surface area contributed by atoms with Crippen molar-refractivity contribution in [1.82, 2.24) is 5.32 Å². The zero-order chi connectivity index (χ0) is 12.8. The molecule has 0 bridgehead atoms. The van der Waals surface area contributed by atoms with Crippen LogP contribution in [0.3, 0.4) is 0 Å². The van der Waals surface area contributed by atoms with Crippen molar-refractivity contribution < 1.29 is 13.9 Å². The lowest BCUT2D eigenvalue weighted by atomic mass is 10.1. The van der Waals surface area contributed by atoms with Gasteiger partial charge < -0.3 is 10.1 Å². The monoisotopic (exact) mass is 259 g/mol. The summed E-state index contributed by atoms with van der Waals surface area (Å²) in [6.07, 6.45) is 0. The van der Waals surface area contributed by atoms with E-state index in [4.69, 9.17) is 16.3 Å². The minimum absolute atomic E-state index is 0.00701. The van der Waals surface area contributed by atoms with Crippen LogP contribution in [0.15, 0.2) is 18.2 Å². The predicted molar refractivity (Wildman–Crippen MR) is 65.2 cm³/mol. The normalized spacial score (nSPS) is 12.0. The fourth-order valence-corrected chi connectivity index (χ4v) is 1.33. The Labute approximate surface area is 105 Å². The Balaban J connectivity index is 2.69. The van der Waals surface area contributed by atoms with Crippen molar-refractivity contribution >= 4 is 17.5 Å². The average molecular weight is 260 g/mol. The van der Waals surface area contributed by atoms with E-state index in [1.54, 1.807) is 6.07 Å². The first kappa shape index (κ1) is 13.8. The Morgan fingerprint density at radius 3 is 2.82 bits per heavy atom. The van der Waals surface area contributed by atoms with E-state index in [9.17, 15) is 9.18 Å². The molecular weight excluding hydrogens is 245 g/mol. The summed E-state index contributed by atoms with van der Waals surface area (Å²) in [7, 11) is 1.44. The molecule has 1 unspecified atom stereocenters. The highest BCUT2D eigenvalue weighted by atomic mass is 35.5. The molecular formula is C12H15ClFNO2. The van der Waals surface area contributed by atoms with Gasteiger partial charge in [-0.2, -0.15) is 0 Å². The highest BCUT2D eigenvalue weighted by Gasteiger charge is 2.13. The Morgan fingerprint density at radius 2 is 2.29 bits per heavy atom. The van der Waals surface area contributed by atoms with Crippen molar-refractivity contribution in [3.8, 4) is 5.75 Å². The second-order valence-electron chi connectivity index (χ2n) is 3.82. The van der Waals surface area contributed by atoms with Gasteiger partial charge in [0.1, 0.15) is 11.6 Å². The van der Waals surface area contributed by atoms with Crippen molar-refractivity contribution in [2.45, 2.75) is 6.92 Å². The maximum absolute atomic E-state index is 13.5. The van der Waals surface area contributed by atoms with Gasteiger partial charge in [-0.3, -0.25) is 4.79 Å². The van der Waals surface area contributed by atoms with Crippen molar-refractivity contribution in [3.05, 3.63) is 29.6 Å². The first-order valence-electron chi connectivity index (χ1n) is 5.26. The number of ether oxygens (including phenoxy) is 1. The molecule has 0 radical (unpaired) electrons. The smallest absolute Gasteiger partial charge is 0.254 e. The lowest BCUT2D eigenvalue weighted by Gasteiger charge is -2.10. The molecule has 5 heteroatoms. The number of carbonyl (C=O) groups is 1. The highest BCUT2D eigenvalue weighted by molar-refractivity contribution is 6.18. The van der Waals surface area contributed by atoms with Gasteiger partial charge in [0.2, 0.25) is 0 Å². The first-order chi connectivity index (χ1) is 8.08. The third-order valence-corrected chi connectivity index (χ3v) is 2.82. The first-order valence-corrected chi connectivity index (χ1v) is 5.79. The van der Waals surface area contributed by atoms with Gasteiger partial charge in [-0.25, -0.2) is 4.39 Å². The molecule has 1 amide bonds. The molecule has 17 heavy (non-hydrogen) atoms. The van der Waals surface area contributed by atoms with Crippen molar-refractivity contribution in [2.75, 3.05) is 19.5 Å². The number of nitrogens with one attached hydrogen (secondary N) is 1. The molecule has 1 aromatic carbocycles. The van der Waals surface area contributed by atoms with E-state index in [0.29, 0.717) is 18.2 Å². The number of alkyl halides is 1. The zero-order valence-corrected chi connectivity index (χ0v) is 10.6. The molecule has 0 aliphatic heterocycles. The van der Waals surface area contributed by atoms with Crippen LogP contribution in [0.25, 0.3) is 0 Å². The molecule has 0 aliphatic carbocycles. The molecule has 0 saturated carbocycles. The third kappa shape index (κ3) is 3.89. The Morgan fingerprint density at radius 1 is 1.59 bits per heavy atom. The summed E-state index contributed by atoms with van der Waals surface area (Å²) in [6, 6.07) is 4.12. The summed E-state index contributed by atoms with van der Waals surface area (Å²) < 4.78 is 18.4. The van der Waals surface area contributed by atoms with Crippen LogP contribution < -0.4 is 10.1 Å². The minimum atomic E-state index is -0.597. The molecule has 1 atom stereocenters. The van der Waals surface area contributed by atoms with E-state index < -0.39 is 11.7 Å². The van der Waals surface area contributed by atoms with Crippen molar-refractivity contribution in [3.63, 3.8) is 0 Å². The van der Waals surface area contributed by atoms with Crippen LogP contribution in [-0.2, 0) is 0 Å². The predicted octanol–water partition coefficient (Wildman–Crippen LogP) is 2.44. The number of amides is 1. The van der Waals surface area contributed by atoms with Crippen LogP contribution in [-0.4, -0.2) is 25.4 Å². The van der Waals surface area contributed by atoms with E-state index in [1.165, 1.54) is 19.2 Å². The van der Waals surface area contributed by atoms with Gasteiger partial charge >= 0.3 is 0 Å². The molecule has 1 aromatic rings. The SMILES string of the molecule is COc1ccc(C(=O)NCC(C)CCl)c(F)c1. The Bertz CT molecular complexity index is 398. The van der Waals surface area contributed by atoms with E-state index in [-0.39, 0.29) is 11.5 Å². The van der Waals surface area contributed by atoms with Gasteiger partial charge in [-0.05, 0) is 18.1 Å². The fourth-order valence-electron chi connectivity index (χ4n) is 1.22. The molecule has 3 nitrogen and oxygen atoms in total. The maximum Gasteiger partial charge on any atom is 0.254 e. The largest absolute Gasteiger partial charge is 0.497 e. The number of hydrogen-bond acceptors (Lipinski definition) is 2. The molecule has 0 fully saturated rings. The van der Waals surface area contributed by atoms with Crippen LogP contribution in [0, 0.1) is 11.7 Å². The lowest BCUT2D eigenvalue weighted by Crippen LogP contribution is -2.29. The highest BCUT2D eigenvalue weighted by Crippen LogP contribution is 2.16. The quantitative estimate of drug-likeness (QED) is 0.825. The third-order valence-electron chi connectivity index (χ3n) is 2.30. The minimum Gasteiger partial charge on any atom is -0.497 e. The van der Waals surface area contributed by atoms with Gasteiger partial charge in [0.05, 0.1) is 12.7 Å². The zero-order valence-electron chi connectivity index (χ0n) is 9.80. The maximum atomic E-state index is 13.5. The molecule has 1 N–H and O–H groups in total. The molecule has 0 aromatic heterocycles. The molecule has 94 valence electrons. The van der Waals surface area contributed by atoms with Crippen LogP contribution in [0.5, 0.6) is 5.75 Å². The van der Waals surface area contributed by atoms with E-state index in [1.807, 2.05) is 6.92 Å². The summed E-state index contributed by atoms with van der Waals surface area (Å²) in [4.78, 5) is 11.7. The standard InChI is InChI=1S/C12H15ClFNO2/c1-8(6-13)7-15-12(16)10-4-3-9(17-2)5-11(10)14/h3-5,8H,6-7H2,1-2H3,(H,15,16). The van der Waals surface area contributed by atoms with Gasteiger partial charge in [0.15, 0.2) is 0 Å². The molecule has 0 aliphatic rings. The summed E-state index contributed by atoms with van der Waals surface area (Å²) in [5, 5.41) is 2.62. The summed E-state index contributed by atoms with van der Waals surface area (Å²) in [5.41, 5.74) is 0.00701. The summed E-state index contributed by atoms with van der Waals surface area (Å²) in [6.45, 7) is 2.32. The Hall–Kier alpha value is -1.29. The second-order valence-corrected chi connectivity index (χ2v) is 4.12. The van der Waals surface area contributed by atoms with E-state index in [0.717, 1.165) is 0 Å². The van der Waals surface area contributed by atoms with Crippen LogP contribution in [0.4, 0.5) is 4.39 Å². The molecule has 0 heterocycles. The summed E-state index contributed by atoms with van der Waals surface area (Å²) in [5.74, 6) is -0.0524. The molecule has 1 rings (SSSR count). The molecule has 0 spiro atoms. The van der Waals surface area contributed by atoms with Crippen LogP contribution in [0.1, 0.15) is 17.3 Å². The van der Waals surface area contributed by atoms with Crippen LogP contribution >= 0.6 is 11.6 Å². The Kier molecular flexibility index (Phi) is 5.22. The second kappa shape index (κ2) is 6.45. The number of carbonyl (C=O) groups excluding carboxylic acids is 1. The van der Waals surface area contributed by atoms with Crippen molar-refractivity contribution in [2.24, 2.45) is 5.92 Å². The summed E-state index contributed by atoms with van der Waals surface area (Å²) >= 11 is 5.61. The van der Waals surface area contributed by atoms with Crippen molar-refractivity contribution in [1.29, 1.82) is 0 Å². The average Bonchev–Trinajstić information content (AvgIpc) is 2.35. The number of halogens is 2. The lowest BCUT2D eigenvalue weighted by molar-refractivity contribution is 0.0945. The number of benzene rings is 1. The number of methoxy groups -OCH3 is 1.